The number of carbonyl (C=O) groups excluding carboxylic acids is 2. The molecular formula is C22H39N5O4. The number of nitrogens with one attached hydrogen (secondary N) is 2. The lowest BCUT2D eigenvalue weighted by Gasteiger charge is -2.39. The Morgan fingerprint density at radius 2 is 1.81 bits per heavy atom. The van der Waals surface area contributed by atoms with Crippen LogP contribution in [-0.4, -0.2) is 92.4 Å². The molecule has 1 unspecified atom stereocenters. The Labute approximate surface area is 185 Å². The monoisotopic (exact) mass is 437 g/mol. The van der Waals surface area contributed by atoms with E-state index < -0.39 is 0 Å². The van der Waals surface area contributed by atoms with Crippen LogP contribution in [0.4, 0.5) is 4.79 Å². The molecule has 9 heteroatoms. The van der Waals surface area contributed by atoms with Crippen LogP contribution in [0, 0.1) is 0 Å². The summed E-state index contributed by atoms with van der Waals surface area (Å²) in [6.45, 7) is 4.39. The summed E-state index contributed by atoms with van der Waals surface area (Å²) >= 11 is 0. The highest BCUT2D eigenvalue weighted by molar-refractivity contribution is 5.85. The van der Waals surface area contributed by atoms with E-state index in [0.717, 1.165) is 45.1 Å². The zero-order valence-corrected chi connectivity index (χ0v) is 19.3. The van der Waals surface area contributed by atoms with Crippen LogP contribution in [0.25, 0.3) is 0 Å². The largest absolute Gasteiger partial charge is 0.450 e. The van der Waals surface area contributed by atoms with Gasteiger partial charge in [-0.05, 0) is 45.4 Å². The Morgan fingerprint density at radius 1 is 1.13 bits per heavy atom. The Kier molecular flexibility index (Phi) is 8.40. The second-order valence-corrected chi connectivity index (χ2v) is 9.13. The first-order valence-electron chi connectivity index (χ1n) is 11.7. The van der Waals surface area contributed by atoms with E-state index in [1.807, 2.05) is 6.92 Å². The molecule has 0 aromatic carbocycles. The minimum atomic E-state index is -0.242. The van der Waals surface area contributed by atoms with Crippen LogP contribution in [0.5, 0.6) is 0 Å². The van der Waals surface area contributed by atoms with Crippen molar-refractivity contribution in [3.05, 3.63) is 0 Å². The summed E-state index contributed by atoms with van der Waals surface area (Å²) in [7, 11) is 3.48. The standard InChI is InChI=1S/C22H39N5O4/c1-4-30-21(29)27-12-7-17(8-13-27)24-20(23-16-19(28)26(2)3)25-18-9-14-31-22(15-18)10-5-6-11-22/h17-18H,4-16H2,1-3H3,(H2,23,24,25). The molecule has 9 nitrogen and oxygen atoms in total. The van der Waals surface area contributed by atoms with Gasteiger partial charge in [-0.25, -0.2) is 9.79 Å². The van der Waals surface area contributed by atoms with E-state index in [-0.39, 0.29) is 36.2 Å². The summed E-state index contributed by atoms with van der Waals surface area (Å²) in [5.74, 6) is 0.655. The third-order valence-corrected chi connectivity index (χ3v) is 6.58. The number of rotatable bonds is 5. The Morgan fingerprint density at radius 3 is 2.45 bits per heavy atom. The molecule has 3 aliphatic rings. The molecular weight excluding hydrogens is 398 g/mol. The average molecular weight is 438 g/mol. The number of guanidine groups is 1. The number of nitrogens with zero attached hydrogens (tertiary/aromatic N) is 3. The average Bonchev–Trinajstić information content (AvgIpc) is 3.19. The van der Waals surface area contributed by atoms with E-state index >= 15 is 0 Å². The highest BCUT2D eigenvalue weighted by Gasteiger charge is 2.40. The number of hydrogen-bond acceptors (Lipinski definition) is 5. The van der Waals surface area contributed by atoms with Gasteiger partial charge in [-0.1, -0.05) is 12.8 Å². The fourth-order valence-corrected chi connectivity index (χ4v) is 4.75. The molecule has 1 spiro atoms. The van der Waals surface area contributed by atoms with E-state index in [0.29, 0.717) is 25.7 Å². The maximum atomic E-state index is 12.1. The molecule has 3 fully saturated rings. The number of carbonyl (C=O) groups is 2. The Hall–Kier alpha value is -2.03. The van der Waals surface area contributed by atoms with E-state index in [9.17, 15) is 9.59 Å². The van der Waals surface area contributed by atoms with E-state index in [1.54, 1.807) is 23.9 Å². The fourth-order valence-electron chi connectivity index (χ4n) is 4.75. The number of ether oxygens (including phenoxy) is 2. The van der Waals surface area contributed by atoms with Crippen molar-refractivity contribution in [2.45, 2.75) is 76.0 Å². The predicted molar refractivity (Wildman–Crippen MR) is 119 cm³/mol. The lowest BCUT2D eigenvalue weighted by Crippen LogP contribution is -2.54. The van der Waals surface area contributed by atoms with Crippen LogP contribution in [-0.2, 0) is 14.3 Å². The molecule has 1 aliphatic carbocycles. The van der Waals surface area contributed by atoms with Gasteiger partial charge in [0.1, 0.15) is 6.54 Å². The zero-order chi connectivity index (χ0) is 22.3. The summed E-state index contributed by atoms with van der Waals surface area (Å²) in [4.78, 5) is 31.9. The summed E-state index contributed by atoms with van der Waals surface area (Å²) in [5, 5.41) is 7.10. The van der Waals surface area contributed by atoms with Gasteiger partial charge >= 0.3 is 6.09 Å². The van der Waals surface area contributed by atoms with Gasteiger partial charge in [0.2, 0.25) is 5.91 Å². The van der Waals surface area contributed by atoms with Crippen molar-refractivity contribution in [3.8, 4) is 0 Å². The van der Waals surface area contributed by atoms with Crippen molar-refractivity contribution in [2.24, 2.45) is 4.99 Å². The van der Waals surface area contributed by atoms with Crippen LogP contribution >= 0.6 is 0 Å². The van der Waals surface area contributed by atoms with Gasteiger partial charge in [0.25, 0.3) is 0 Å². The number of piperidine rings is 1. The van der Waals surface area contributed by atoms with Crippen molar-refractivity contribution in [1.82, 2.24) is 20.4 Å². The van der Waals surface area contributed by atoms with Gasteiger partial charge in [0, 0.05) is 45.9 Å². The van der Waals surface area contributed by atoms with Crippen LogP contribution < -0.4 is 10.6 Å². The number of hydrogen-bond donors (Lipinski definition) is 2. The molecule has 0 aromatic heterocycles. The highest BCUT2D eigenvalue weighted by Crippen LogP contribution is 2.39. The molecule has 2 N–H and O–H groups in total. The third-order valence-electron chi connectivity index (χ3n) is 6.58. The molecule has 2 amide bonds. The predicted octanol–water partition coefficient (Wildman–Crippen LogP) is 1.72. The number of likely N-dealkylation sites (N-methyl/N-ethyl adjacent to an activating group) is 1. The number of aliphatic imine (C=N–C) groups is 1. The van der Waals surface area contributed by atoms with Crippen molar-refractivity contribution in [3.63, 3.8) is 0 Å². The number of amides is 2. The molecule has 0 radical (unpaired) electrons. The van der Waals surface area contributed by atoms with E-state index in [4.69, 9.17) is 9.47 Å². The molecule has 2 heterocycles. The minimum absolute atomic E-state index is 0.0193. The van der Waals surface area contributed by atoms with Crippen LogP contribution in [0.1, 0.15) is 58.3 Å². The SMILES string of the molecule is CCOC(=O)N1CCC(NC(=NCC(=O)N(C)C)NC2CCOC3(CCCC3)C2)CC1. The molecule has 2 aliphatic heterocycles. The Balaban J connectivity index is 1.58. The molecule has 2 saturated heterocycles. The Bertz CT molecular complexity index is 640. The molecule has 176 valence electrons. The molecule has 3 rings (SSSR count). The van der Waals surface area contributed by atoms with Crippen molar-refractivity contribution in [2.75, 3.05) is 46.9 Å². The topological polar surface area (TPSA) is 95.5 Å². The van der Waals surface area contributed by atoms with Gasteiger partial charge in [-0.15, -0.1) is 0 Å². The third kappa shape index (κ3) is 6.72. The zero-order valence-electron chi connectivity index (χ0n) is 19.3. The first-order valence-corrected chi connectivity index (χ1v) is 11.7. The van der Waals surface area contributed by atoms with Crippen LogP contribution in [0.2, 0.25) is 0 Å². The number of likely N-dealkylation sites (tertiary alicyclic amines) is 1. The van der Waals surface area contributed by atoms with Gasteiger partial charge in [-0.2, -0.15) is 0 Å². The fraction of sp³-hybridized carbons (Fsp3) is 0.864. The molecule has 1 saturated carbocycles. The summed E-state index contributed by atoms with van der Waals surface area (Å²) < 4.78 is 11.3. The van der Waals surface area contributed by atoms with Crippen molar-refractivity contribution < 1.29 is 19.1 Å². The van der Waals surface area contributed by atoms with Crippen molar-refractivity contribution in [1.29, 1.82) is 0 Å². The van der Waals surface area contributed by atoms with E-state index in [1.165, 1.54) is 12.8 Å². The van der Waals surface area contributed by atoms with Crippen LogP contribution in [0.3, 0.4) is 0 Å². The quantitative estimate of drug-likeness (QED) is 0.502. The summed E-state index contributed by atoms with van der Waals surface area (Å²) in [6, 6.07) is 0.485. The van der Waals surface area contributed by atoms with Crippen LogP contribution in [0.15, 0.2) is 4.99 Å². The maximum Gasteiger partial charge on any atom is 0.409 e. The minimum Gasteiger partial charge on any atom is -0.450 e. The maximum absolute atomic E-state index is 12.1. The van der Waals surface area contributed by atoms with Gasteiger partial charge < -0.3 is 29.9 Å². The smallest absolute Gasteiger partial charge is 0.409 e. The molecule has 31 heavy (non-hydrogen) atoms. The van der Waals surface area contributed by atoms with E-state index in [2.05, 4.69) is 15.6 Å². The first kappa shape index (κ1) is 23.6. The van der Waals surface area contributed by atoms with Crippen molar-refractivity contribution >= 4 is 18.0 Å². The lowest BCUT2D eigenvalue weighted by atomic mass is 9.89. The lowest BCUT2D eigenvalue weighted by molar-refractivity contribution is -0.127. The molecule has 0 bridgehead atoms. The normalized spacial score (nSPS) is 24.2. The molecule has 0 aromatic rings. The second-order valence-electron chi connectivity index (χ2n) is 9.13. The summed E-state index contributed by atoms with van der Waals surface area (Å²) in [6.07, 6.45) is 8.06. The molecule has 1 atom stereocenters. The van der Waals surface area contributed by atoms with Gasteiger partial charge in [-0.3, -0.25) is 4.79 Å². The van der Waals surface area contributed by atoms with Gasteiger partial charge in [0.05, 0.1) is 12.2 Å². The van der Waals surface area contributed by atoms with Gasteiger partial charge in [0.15, 0.2) is 5.96 Å². The first-order chi connectivity index (χ1) is 14.9. The second kappa shape index (κ2) is 11.0. The summed E-state index contributed by atoms with van der Waals surface area (Å²) in [5.41, 5.74) is 0.0193. The highest BCUT2D eigenvalue weighted by atomic mass is 16.6.